The molecule has 1 aliphatic carbocycles. The van der Waals surface area contributed by atoms with Crippen LogP contribution < -0.4 is 0 Å². The van der Waals surface area contributed by atoms with Crippen molar-refractivity contribution in [1.29, 1.82) is 0 Å². The highest BCUT2D eigenvalue weighted by Crippen LogP contribution is 2.59. The summed E-state index contributed by atoms with van der Waals surface area (Å²) in [5.74, 6) is 0.683. The van der Waals surface area contributed by atoms with Gasteiger partial charge >= 0.3 is 0 Å². The third-order valence-electron chi connectivity index (χ3n) is 16.3. The van der Waals surface area contributed by atoms with E-state index in [0.717, 1.165) is 19.3 Å². The number of rotatable bonds is 12. The van der Waals surface area contributed by atoms with E-state index in [-0.39, 0.29) is 17.8 Å². The zero-order chi connectivity index (χ0) is 48.2. The minimum absolute atomic E-state index is 0.214. The van der Waals surface area contributed by atoms with Crippen LogP contribution in [0, 0.1) is 6.92 Å². The van der Waals surface area contributed by atoms with Gasteiger partial charge in [-0.3, -0.25) is 0 Å². The Labute approximate surface area is 427 Å². The van der Waals surface area contributed by atoms with Crippen molar-refractivity contribution in [1.82, 2.24) is 0 Å². The van der Waals surface area contributed by atoms with Gasteiger partial charge in [-0.05, 0) is 145 Å². The second-order valence-electron chi connectivity index (χ2n) is 20.3. The normalized spacial score (nSPS) is 14.1. The maximum Gasteiger partial charge on any atom is 0.0713 e. The summed E-state index contributed by atoms with van der Waals surface area (Å²) in [5, 5.41) is 8.01. The van der Waals surface area contributed by atoms with E-state index in [2.05, 4.69) is 263 Å². The molecular weight excluding hydrogens is 885 g/mol. The van der Waals surface area contributed by atoms with E-state index in [1.54, 1.807) is 0 Å². The van der Waals surface area contributed by atoms with Crippen molar-refractivity contribution < 1.29 is 0 Å². The van der Waals surface area contributed by atoms with Gasteiger partial charge in [0.15, 0.2) is 0 Å². The summed E-state index contributed by atoms with van der Waals surface area (Å²) in [4.78, 5) is 0. The molecule has 1 heterocycles. The predicted octanol–water partition coefficient (Wildman–Crippen LogP) is 18.9. The third kappa shape index (κ3) is 7.49. The van der Waals surface area contributed by atoms with Gasteiger partial charge < -0.3 is 0 Å². The van der Waals surface area contributed by atoms with E-state index in [0.29, 0.717) is 0 Å². The van der Waals surface area contributed by atoms with Crippen LogP contribution in [-0.4, -0.2) is 0 Å². The van der Waals surface area contributed by atoms with Gasteiger partial charge in [0.25, 0.3) is 0 Å². The van der Waals surface area contributed by atoms with Crippen molar-refractivity contribution in [3.8, 4) is 11.1 Å². The molecule has 0 amide bonds. The van der Waals surface area contributed by atoms with Crippen molar-refractivity contribution >= 4 is 53.1 Å². The molecular formula is C71H56S. The summed E-state index contributed by atoms with van der Waals surface area (Å²) in [6.45, 7) is 4.67. The fourth-order valence-electron chi connectivity index (χ4n) is 12.7. The molecule has 0 saturated heterocycles. The van der Waals surface area contributed by atoms with Crippen molar-refractivity contribution in [2.45, 2.75) is 56.3 Å². The molecule has 0 fully saturated rings. The minimum Gasteiger partial charge on any atom is -0.135 e. The van der Waals surface area contributed by atoms with Crippen LogP contribution in [0.15, 0.2) is 249 Å². The monoisotopic (exact) mass is 940 g/mol. The Bertz CT molecular complexity index is 3870. The Morgan fingerprint density at radius 1 is 0.444 bits per heavy atom. The lowest BCUT2D eigenvalue weighted by atomic mass is 9.66. The summed E-state index contributed by atoms with van der Waals surface area (Å²) >= 11 is 1.90. The van der Waals surface area contributed by atoms with Gasteiger partial charge in [0.2, 0.25) is 0 Å². The first kappa shape index (κ1) is 44.1. The molecule has 13 rings (SSSR count). The summed E-state index contributed by atoms with van der Waals surface area (Å²) < 4.78 is 2.70. The van der Waals surface area contributed by atoms with Crippen LogP contribution in [0.25, 0.3) is 52.8 Å². The standard InChI is InChI=1S/C71H56S/c1-47-33-35-51(36-34-47)59(60-31-18-22-50-21-12-13-27-57(50)60)40-38-54-46-67-70(62-30-15-14-28-58(54)62)63-41-37-52(45-66(63)71(67,55-23-8-4-9-24-55)56-25-10-5-11-26-56)48(2)64(43-49-19-6-3-7-20-49)53-39-42-69-65(44-53)61-29-16-17-32-68(61)72-69/h3-37,39,41-42,44-46,48,59,64H,38,40,43H2,1-2H3. The predicted molar refractivity (Wildman–Crippen MR) is 307 cm³/mol. The van der Waals surface area contributed by atoms with Crippen LogP contribution in [0.3, 0.4) is 0 Å². The second-order valence-corrected chi connectivity index (χ2v) is 21.4. The highest BCUT2D eigenvalue weighted by atomic mass is 32.1. The largest absolute Gasteiger partial charge is 0.135 e. The molecule has 1 aliphatic rings. The van der Waals surface area contributed by atoms with Gasteiger partial charge in [0.05, 0.1) is 5.41 Å². The van der Waals surface area contributed by atoms with E-state index in [1.807, 2.05) is 11.3 Å². The molecule has 0 nitrogen and oxygen atoms in total. The summed E-state index contributed by atoms with van der Waals surface area (Å²) in [6.07, 6.45) is 2.86. The highest BCUT2D eigenvalue weighted by molar-refractivity contribution is 7.25. The van der Waals surface area contributed by atoms with Crippen molar-refractivity contribution in [2.75, 3.05) is 0 Å². The topological polar surface area (TPSA) is 0 Å². The van der Waals surface area contributed by atoms with Gasteiger partial charge in [-0.25, -0.2) is 0 Å². The molecule has 346 valence electrons. The molecule has 11 aromatic carbocycles. The lowest BCUT2D eigenvalue weighted by Crippen LogP contribution is -2.29. The average Bonchev–Trinajstić information content (AvgIpc) is 3.97. The third-order valence-corrected chi connectivity index (χ3v) is 17.5. The molecule has 1 heteroatoms. The zero-order valence-corrected chi connectivity index (χ0v) is 41.7. The highest BCUT2D eigenvalue weighted by Gasteiger charge is 2.47. The number of benzene rings is 11. The first-order chi connectivity index (χ1) is 35.5. The molecule has 0 aliphatic heterocycles. The van der Waals surface area contributed by atoms with Crippen LogP contribution in [0.2, 0.25) is 0 Å². The maximum atomic E-state index is 2.63. The van der Waals surface area contributed by atoms with Crippen LogP contribution in [0.1, 0.15) is 92.3 Å². The van der Waals surface area contributed by atoms with E-state index in [4.69, 9.17) is 0 Å². The number of hydrogen-bond donors (Lipinski definition) is 0. The van der Waals surface area contributed by atoms with Crippen molar-refractivity contribution in [2.24, 2.45) is 0 Å². The van der Waals surface area contributed by atoms with Crippen LogP contribution in [0.4, 0.5) is 0 Å². The van der Waals surface area contributed by atoms with Crippen LogP contribution >= 0.6 is 11.3 Å². The van der Waals surface area contributed by atoms with Crippen molar-refractivity contribution in [3.05, 3.63) is 310 Å². The summed E-state index contributed by atoms with van der Waals surface area (Å²) in [5.41, 5.74) is 17.1. The molecule has 0 saturated carbocycles. The lowest BCUT2D eigenvalue weighted by molar-refractivity contribution is 0.572. The van der Waals surface area contributed by atoms with Gasteiger partial charge in [-0.2, -0.15) is 0 Å². The Morgan fingerprint density at radius 3 is 1.79 bits per heavy atom. The Morgan fingerprint density at radius 2 is 1.04 bits per heavy atom. The van der Waals surface area contributed by atoms with E-state index >= 15 is 0 Å². The van der Waals surface area contributed by atoms with E-state index < -0.39 is 5.41 Å². The summed E-state index contributed by atoms with van der Waals surface area (Å²) in [7, 11) is 0. The number of aryl methyl sites for hydroxylation is 2. The molecule has 3 atom stereocenters. The van der Waals surface area contributed by atoms with Gasteiger partial charge in [0.1, 0.15) is 0 Å². The Balaban J connectivity index is 0.994. The van der Waals surface area contributed by atoms with E-state index in [9.17, 15) is 0 Å². The second kappa shape index (κ2) is 18.4. The molecule has 12 aromatic rings. The Kier molecular flexibility index (Phi) is 11.3. The SMILES string of the molecule is Cc1ccc(C(CCc2cc3c(c4ccccc24)-c2ccc(C(C)C(Cc4ccccc4)c4ccc5sc6ccccc6c5c4)cc2C3(c2ccccc2)c2ccccc2)c2cccc3ccccc23)cc1. The van der Waals surface area contributed by atoms with Crippen LogP contribution in [-0.2, 0) is 18.3 Å². The molecule has 0 spiro atoms. The van der Waals surface area contributed by atoms with Gasteiger partial charge in [0, 0.05) is 26.1 Å². The van der Waals surface area contributed by atoms with Gasteiger partial charge in [-0.15, -0.1) is 11.3 Å². The quantitative estimate of drug-likeness (QED) is 0.114. The van der Waals surface area contributed by atoms with Crippen molar-refractivity contribution in [3.63, 3.8) is 0 Å². The Hall–Kier alpha value is -7.84. The summed E-state index contributed by atoms with van der Waals surface area (Å²) in [6, 6.07) is 94.7. The fourth-order valence-corrected chi connectivity index (χ4v) is 13.8. The molecule has 3 unspecified atom stereocenters. The molecule has 1 aromatic heterocycles. The molecule has 0 bridgehead atoms. The first-order valence-corrected chi connectivity index (χ1v) is 26.6. The van der Waals surface area contributed by atoms with Crippen LogP contribution in [0.5, 0.6) is 0 Å². The fraction of sp³-hybridized carbons (Fsp3) is 0.127. The smallest absolute Gasteiger partial charge is 0.0713 e. The molecule has 0 N–H and O–H groups in total. The maximum absolute atomic E-state index is 2.63. The zero-order valence-electron chi connectivity index (χ0n) is 40.9. The average molecular weight is 941 g/mol. The van der Waals surface area contributed by atoms with Gasteiger partial charge in [-0.1, -0.05) is 243 Å². The number of hydrogen-bond acceptors (Lipinski definition) is 1. The first-order valence-electron chi connectivity index (χ1n) is 25.8. The molecule has 0 radical (unpaired) electrons. The lowest BCUT2D eigenvalue weighted by Gasteiger charge is -2.35. The minimum atomic E-state index is -0.558. The molecule has 72 heavy (non-hydrogen) atoms. The number of thiophene rings is 1. The van der Waals surface area contributed by atoms with E-state index in [1.165, 1.54) is 114 Å². The number of fused-ring (bicyclic) bond motifs is 9.